The molecule has 186 valence electrons. The maximum Gasteiger partial charge on any atom is 0.295 e. The molecule has 0 radical (unpaired) electrons. The summed E-state index contributed by atoms with van der Waals surface area (Å²) in [6, 6.07) is 9.92. The SMILES string of the molecule is CC(C)Oc1ccc(C(O)=C2C(=O)C(=O)N(CCN3CCOCC3)[C@@H]2c2cccc(Cl)c2)cc1F. The summed E-state index contributed by atoms with van der Waals surface area (Å²) < 4.78 is 25.5. The Morgan fingerprint density at radius 1 is 1.17 bits per heavy atom. The van der Waals surface area contributed by atoms with Gasteiger partial charge < -0.3 is 19.5 Å². The summed E-state index contributed by atoms with van der Waals surface area (Å²) in [5, 5.41) is 11.6. The number of hydrogen-bond donors (Lipinski definition) is 1. The lowest BCUT2D eigenvalue weighted by Gasteiger charge is -2.31. The Balaban J connectivity index is 1.73. The van der Waals surface area contributed by atoms with E-state index in [1.807, 2.05) is 0 Å². The third-order valence-corrected chi connectivity index (χ3v) is 6.27. The van der Waals surface area contributed by atoms with Crippen LogP contribution in [0.15, 0.2) is 48.0 Å². The van der Waals surface area contributed by atoms with Gasteiger partial charge in [0.2, 0.25) is 0 Å². The highest BCUT2D eigenvalue weighted by molar-refractivity contribution is 6.46. The van der Waals surface area contributed by atoms with Gasteiger partial charge in [-0.1, -0.05) is 23.7 Å². The first kappa shape index (κ1) is 25.2. The number of aliphatic hydroxyl groups excluding tert-OH is 1. The lowest BCUT2D eigenvalue weighted by Crippen LogP contribution is -2.42. The predicted octanol–water partition coefficient (Wildman–Crippen LogP) is 4.02. The zero-order valence-corrected chi connectivity index (χ0v) is 20.4. The van der Waals surface area contributed by atoms with Crippen molar-refractivity contribution < 1.29 is 28.6 Å². The van der Waals surface area contributed by atoms with Gasteiger partial charge in [0.05, 0.1) is 30.9 Å². The van der Waals surface area contributed by atoms with Crippen molar-refractivity contribution in [3.8, 4) is 5.75 Å². The molecule has 2 aromatic rings. The summed E-state index contributed by atoms with van der Waals surface area (Å²) in [4.78, 5) is 29.8. The number of carbonyl (C=O) groups excluding carboxylic acids is 2. The summed E-state index contributed by atoms with van der Waals surface area (Å²) >= 11 is 6.21. The van der Waals surface area contributed by atoms with Crippen molar-refractivity contribution in [3.05, 3.63) is 70.0 Å². The average Bonchev–Trinajstić information content (AvgIpc) is 3.09. The van der Waals surface area contributed by atoms with Crippen molar-refractivity contribution in [2.45, 2.75) is 26.0 Å². The average molecular weight is 503 g/mol. The topological polar surface area (TPSA) is 79.3 Å². The number of hydrogen-bond acceptors (Lipinski definition) is 6. The summed E-state index contributed by atoms with van der Waals surface area (Å²) in [7, 11) is 0. The van der Waals surface area contributed by atoms with E-state index in [-0.39, 0.29) is 29.5 Å². The number of ketones is 1. The molecule has 7 nitrogen and oxygen atoms in total. The van der Waals surface area contributed by atoms with Crippen molar-refractivity contribution in [1.29, 1.82) is 0 Å². The van der Waals surface area contributed by atoms with Crippen LogP contribution in [0.5, 0.6) is 5.75 Å². The third-order valence-electron chi connectivity index (χ3n) is 6.03. The van der Waals surface area contributed by atoms with E-state index in [1.54, 1.807) is 38.1 Å². The van der Waals surface area contributed by atoms with E-state index in [0.29, 0.717) is 30.3 Å². The number of halogens is 2. The molecule has 2 aromatic carbocycles. The first-order valence-corrected chi connectivity index (χ1v) is 11.9. The van der Waals surface area contributed by atoms with Gasteiger partial charge >= 0.3 is 0 Å². The first-order chi connectivity index (χ1) is 16.8. The van der Waals surface area contributed by atoms with Crippen molar-refractivity contribution in [2.24, 2.45) is 0 Å². The van der Waals surface area contributed by atoms with Crippen LogP contribution >= 0.6 is 11.6 Å². The standard InChI is InChI=1S/C26H28ClFN2O5/c1-16(2)35-21-7-6-18(15-20(21)28)24(31)22-23(17-4-3-5-19(27)14-17)30(26(33)25(22)32)9-8-29-10-12-34-13-11-29/h3-7,14-16,23,31H,8-13H2,1-2H3/t23-/m1/s1. The number of carbonyl (C=O) groups is 2. The summed E-state index contributed by atoms with van der Waals surface area (Å²) in [6.07, 6.45) is -0.233. The molecule has 1 amide bonds. The Hall–Kier alpha value is -2.94. The molecule has 0 unspecified atom stereocenters. The van der Waals surface area contributed by atoms with Crippen LogP contribution < -0.4 is 4.74 Å². The number of Topliss-reactive ketones (excluding diaryl/α,β-unsaturated/α-hetero) is 1. The van der Waals surface area contributed by atoms with Crippen LogP contribution in [0.4, 0.5) is 4.39 Å². The van der Waals surface area contributed by atoms with Crippen LogP contribution in [0.3, 0.4) is 0 Å². The highest BCUT2D eigenvalue weighted by Gasteiger charge is 2.46. The molecule has 4 rings (SSSR count). The van der Waals surface area contributed by atoms with Crippen LogP contribution in [-0.2, 0) is 14.3 Å². The van der Waals surface area contributed by atoms with E-state index < -0.39 is 29.3 Å². The predicted molar refractivity (Wildman–Crippen MR) is 130 cm³/mol. The molecule has 0 aromatic heterocycles. The number of rotatable bonds is 7. The van der Waals surface area contributed by atoms with Crippen molar-refractivity contribution in [3.63, 3.8) is 0 Å². The van der Waals surface area contributed by atoms with Crippen LogP contribution in [0.1, 0.15) is 31.0 Å². The summed E-state index contributed by atoms with van der Waals surface area (Å²) in [6.45, 7) is 7.05. The monoisotopic (exact) mass is 502 g/mol. The Labute approximate surface area is 208 Å². The highest BCUT2D eigenvalue weighted by Crippen LogP contribution is 2.40. The molecule has 0 saturated carbocycles. The van der Waals surface area contributed by atoms with Crippen LogP contribution in [0, 0.1) is 5.82 Å². The van der Waals surface area contributed by atoms with Crippen molar-refractivity contribution in [2.75, 3.05) is 39.4 Å². The second kappa shape index (κ2) is 10.8. The quantitative estimate of drug-likeness (QED) is 0.350. The maximum atomic E-state index is 14.7. The minimum atomic E-state index is -0.857. The lowest BCUT2D eigenvalue weighted by atomic mass is 9.95. The van der Waals surface area contributed by atoms with Crippen LogP contribution in [-0.4, -0.2) is 72.1 Å². The molecule has 0 aliphatic carbocycles. The van der Waals surface area contributed by atoms with Crippen LogP contribution in [0.2, 0.25) is 5.02 Å². The highest BCUT2D eigenvalue weighted by atomic mass is 35.5. The molecule has 2 heterocycles. The molecule has 35 heavy (non-hydrogen) atoms. The van der Waals surface area contributed by atoms with Gasteiger partial charge in [0.15, 0.2) is 11.6 Å². The Morgan fingerprint density at radius 3 is 2.57 bits per heavy atom. The fourth-order valence-corrected chi connectivity index (χ4v) is 4.56. The number of aliphatic hydroxyl groups is 1. The minimum Gasteiger partial charge on any atom is -0.507 e. The number of likely N-dealkylation sites (tertiary alicyclic amines) is 1. The zero-order chi connectivity index (χ0) is 25.1. The second-order valence-electron chi connectivity index (χ2n) is 8.81. The van der Waals surface area contributed by atoms with E-state index in [4.69, 9.17) is 21.1 Å². The molecule has 0 bridgehead atoms. The first-order valence-electron chi connectivity index (χ1n) is 11.6. The molecular weight excluding hydrogens is 475 g/mol. The molecule has 1 N–H and O–H groups in total. The number of ether oxygens (including phenoxy) is 2. The van der Waals surface area contributed by atoms with Gasteiger partial charge in [0.25, 0.3) is 11.7 Å². The van der Waals surface area contributed by atoms with Gasteiger partial charge in [-0.2, -0.15) is 0 Å². The van der Waals surface area contributed by atoms with Crippen molar-refractivity contribution in [1.82, 2.24) is 9.80 Å². The molecule has 2 saturated heterocycles. The second-order valence-corrected chi connectivity index (χ2v) is 9.25. The van der Waals surface area contributed by atoms with Gasteiger partial charge in [-0.15, -0.1) is 0 Å². The van der Waals surface area contributed by atoms with E-state index in [0.717, 1.165) is 19.2 Å². The largest absolute Gasteiger partial charge is 0.507 e. The van der Waals surface area contributed by atoms with E-state index in [1.165, 1.54) is 17.0 Å². The Bertz CT molecular complexity index is 1150. The van der Waals surface area contributed by atoms with Gasteiger partial charge in [0, 0.05) is 36.8 Å². The normalized spacial score (nSPS) is 20.6. The van der Waals surface area contributed by atoms with Crippen LogP contribution in [0.25, 0.3) is 5.76 Å². The molecule has 2 fully saturated rings. The molecule has 1 atom stereocenters. The van der Waals surface area contributed by atoms with Crippen molar-refractivity contribution >= 4 is 29.1 Å². The Morgan fingerprint density at radius 2 is 1.91 bits per heavy atom. The van der Waals surface area contributed by atoms with E-state index in [2.05, 4.69) is 4.90 Å². The molecule has 2 aliphatic heterocycles. The number of amides is 1. The maximum absolute atomic E-state index is 14.7. The van der Waals surface area contributed by atoms with Gasteiger partial charge in [-0.25, -0.2) is 4.39 Å². The van der Waals surface area contributed by atoms with Gasteiger partial charge in [0.1, 0.15) is 5.76 Å². The third kappa shape index (κ3) is 5.50. The molecule has 0 spiro atoms. The number of morpholine rings is 1. The zero-order valence-electron chi connectivity index (χ0n) is 19.7. The number of nitrogens with zero attached hydrogens (tertiary/aromatic N) is 2. The number of benzene rings is 2. The molecule has 2 aliphatic rings. The fraction of sp³-hybridized carbons (Fsp3) is 0.385. The molecular formula is C26H28ClFN2O5. The smallest absolute Gasteiger partial charge is 0.295 e. The van der Waals surface area contributed by atoms with E-state index >= 15 is 0 Å². The fourth-order valence-electron chi connectivity index (χ4n) is 4.36. The van der Waals surface area contributed by atoms with Gasteiger partial charge in [-0.05, 0) is 49.7 Å². The Kier molecular flexibility index (Phi) is 7.74. The summed E-state index contributed by atoms with van der Waals surface area (Å²) in [5.41, 5.74) is 0.563. The minimum absolute atomic E-state index is 0.0360. The lowest BCUT2D eigenvalue weighted by molar-refractivity contribution is -0.140. The van der Waals surface area contributed by atoms with Gasteiger partial charge in [-0.3, -0.25) is 14.5 Å². The summed E-state index contributed by atoms with van der Waals surface area (Å²) in [5.74, 6) is -2.63. The van der Waals surface area contributed by atoms with E-state index in [9.17, 15) is 19.1 Å². The molecule has 9 heteroatoms.